The molecule has 0 saturated carbocycles. The highest BCUT2D eigenvalue weighted by Gasteiger charge is 2.22. The molecule has 0 amide bonds. The minimum atomic E-state index is 0.386. The Morgan fingerprint density at radius 3 is 2.36 bits per heavy atom. The number of aryl methyl sites for hydroxylation is 2. The highest BCUT2D eigenvalue weighted by atomic mass is 16.3. The number of rotatable bonds is 9. The Morgan fingerprint density at radius 2 is 1.56 bits per heavy atom. The number of aromatic hydroxyl groups is 1. The molecule has 190 valence electrons. The van der Waals surface area contributed by atoms with Crippen LogP contribution < -0.4 is 5.32 Å². The molecule has 0 aromatic heterocycles. The van der Waals surface area contributed by atoms with Gasteiger partial charge in [0.25, 0.3) is 0 Å². The fraction of sp³-hybridized carbons (Fsp3) is 0.455. The summed E-state index contributed by atoms with van der Waals surface area (Å²) in [4.78, 5) is 2.65. The third-order valence-corrected chi connectivity index (χ3v) is 8.21. The van der Waals surface area contributed by atoms with Crippen molar-refractivity contribution in [1.82, 2.24) is 4.90 Å². The largest absolute Gasteiger partial charge is 0.508 e. The number of para-hydroxylation sites is 1. The van der Waals surface area contributed by atoms with Gasteiger partial charge in [-0.3, -0.25) is 0 Å². The quantitative estimate of drug-likeness (QED) is 0.319. The first-order chi connectivity index (χ1) is 17.7. The molecule has 1 heterocycles. The van der Waals surface area contributed by atoms with Crippen molar-refractivity contribution in [3.8, 4) is 5.75 Å². The van der Waals surface area contributed by atoms with E-state index >= 15 is 0 Å². The van der Waals surface area contributed by atoms with Gasteiger partial charge in [0.15, 0.2) is 0 Å². The molecular weight excluding hydrogens is 440 g/mol. The predicted molar refractivity (Wildman–Crippen MR) is 151 cm³/mol. The Balaban J connectivity index is 1.08. The maximum Gasteiger partial charge on any atom is 0.115 e. The molecule has 1 unspecified atom stereocenters. The van der Waals surface area contributed by atoms with E-state index in [1.807, 2.05) is 12.1 Å². The summed E-state index contributed by atoms with van der Waals surface area (Å²) in [6.45, 7) is 4.77. The van der Waals surface area contributed by atoms with Crippen molar-refractivity contribution in [2.45, 2.75) is 70.1 Å². The minimum Gasteiger partial charge on any atom is -0.508 e. The van der Waals surface area contributed by atoms with Gasteiger partial charge in [0, 0.05) is 18.8 Å². The fourth-order valence-electron chi connectivity index (χ4n) is 6.06. The number of likely N-dealkylation sites (tertiary alicyclic amines) is 1. The highest BCUT2D eigenvalue weighted by molar-refractivity contribution is 5.54. The summed E-state index contributed by atoms with van der Waals surface area (Å²) < 4.78 is 0. The third-order valence-electron chi connectivity index (χ3n) is 8.21. The van der Waals surface area contributed by atoms with Crippen LogP contribution >= 0.6 is 0 Å². The average molecular weight is 483 g/mol. The summed E-state index contributed by atoms with van der Waals surface area (Å²) in [5, 5.41) is 13.5. The fourth-order valence-corrected chi connectivity index (χ4v) is 6.06. The molecule has 2 N–H and O–H groups in total. The normalized spacial score (nSPS) is 18.4. The average Bonchev–Trinajstić information content (AvgIpc) is 3.19. The number of hydrogen-bond acceptors (Lipinski definition) is 3. The Labute approximate surface area is 217 Å². The van der Waals surface area contributed by atoms with Crippen LogP contribution in [0.2, 0.25) is 0 Å². The van der Waals surface area contributed by atoms with Crippen molar-refractivity contribution in [3.05, 3.63) is 94.5 Å². The van der Waals surface area contributed by atoms with Gasteiger partial charge in [-0.25, -0.2) is 0 Å². The van der Waals surface area contributed by atoms with Crippen LogP contribution in [-0.2, 0) is 25.7 Å². The zero-order valence-electron chi connectivity index (χ0n) is 21.7. The molecule has 5 rings (SSSR count). The Bertz CT molecular complexity index is 1100. The highest BCUT2D eigenvalue weighted by Crippen LogP contribution is 2.37. The Hall–Kier alpha value is -2.78. The van der Waals surface area contributed by atoms with Gasteiger partial charge in [0.1, 0.15) is 5.75 Å². The molecule has 0 bridgehead atoms. The number of nitrogens with one attached hydrogen (secondary N) is 1. The lowest BCUT2D eigenvalue weighted by atomic mass is 9.79. The van der Waals surface area contributed by atoms with E-state index in [4.69, 9.17) is 0 Å². The number of phenols is 1. The molecule has 1 atom stereocenters. The van der Waals surface area contributed by atoms with E-state index < -0.39 is 0 Å². The van der Waals surface area contributed by atoms with Crippen LogP contribution in [0.1, 0.15) is 72.3 Å². The molecule has 0 radical (unpaired) electrons. The molecule has 1 aliphatic heterocycles. The molecule has 1 saturated heterocycles. The lowest BCUT2D eigenvalue weighted by molar-refractivity contribution is 0.289. The van der Waals surface area contributed by atoms with Gasteiger partial charge in [0.2, 0.25) is 0 Å². The lowest BCUT2D eigenvalue weighted by Gasteiger charge is -2.27. The number of nitrogens with zero attached hydrogens (tertiary/aromatic N) is 1. The van der Waals surface area contributed by atoms with E-state index in [-0.39, 0.29) is 0 Å². The van der Waals surface area contributed by atoms with Crippen LogP contribution in [0.5, 0.6) is 5.75 Å². The summed E-state index contributed by atoms with van der Waals surface area (Å²) in [5.41, 5.74) is 8.33. The van der Waals surface area contributed by atoms with Crippen LogP contribution in [0, 0.1) is 0 Å². The van der Waals surface area contributed by atoms with Gasteiger partial charge in [-0.1, -0.05) is 61.4 Å². The van der Waals surface area contributed by atoms with Gasteiger partial charge in [0.05, 0.1) is 0 Å². The van der Waals surface area contributed by atoms with E-state index in [0.717, 1.165) is 38.6 Å². The second-order valence-corrected chi connectivity index (χ2v) is 10.8. The number of hydrogen-bond donors (Lipinski definition) is 2. The number of benzene rings is 3. The van der Waals surface area contributed by atoms with E-state index in [9.17, 15) is 5.11 Å². The first-order valence-corrected chi connectivity index (χ1v) is 14.2. The Morgan fingerprint density at radius 1 is 0.806 bits per heavy atom. The molecule has 3 nitrogen and oxygen atoms in total. The Kier molecular flexibility index (Phi) is 8.61. The van der Waals surface area contributed by atoms with Crippen molar-refractivity contribution in [1.29, 1.82) is 0 Å². The van der Waals surface area contributed by atoms with E-state index in [1.54, 1.807) is 0 Å². The van der Waals surface area contributed by atoms with Gasteiger partial charge < -0.3 is 15.3 Å². The topological polar surface area (TPSA) is 35.5 Å². The molecule has 0 spiro atoms. The van der Waals surface area contributed by atoms with Crippen LogP contribution in [0.25, 0.3) is 0 Å². The standard InChI is InChI=1S/C33H42N2O/c36-31-18-17-28-24-30(16-15-29(28)25-31)32-9-3-4-10-33(32)34-20-7-8-26-11-13-27(14-12-26)19-23-35-21-5-1-2-6-22-35/h3-4,9-14,17-18,25,30,34,36H,1-2,5-8,15-16,19-24H2. The summed E-state index contributed by atoms with van der Waals surface area (Å²) >= 11 is 0. The summed E-state index contributed by atoms with van der Waals surface area (Å²) in [7, 11) is 0. The molecule has 3 heteroatoms. The van der Waals surface area contributed by atoms with E-state index in [1.165, 1.54) is 85.2 Å². The molecule has 2 aliphatic rings. The summed E-state index contributed by atoms with van der Waals surface area (Å²) in [6.07, 6.45) is 12.2. The minimum absolute atomic E-state index is 0.386. The second kappa shape index (κ2) is 12.5. The maximum absolute atomic E-state index is 9.80. The molecule has 3 aromatic rings. The summed E-state index contributed by atoms with van der Waals surface area (Å²) in [5.74, 6) is 0.921. The van der Waals surface area contributed by atoms with Crippen molar-refractivity contribution in [2.24, 2.45) is 0 Å². The summed E-state index contributed by atoms with van der Waals surface area (Å²) in [6, 6.07) is 24.1. The van der Waals surface area contributed by atoms with Gasteiger partial charge >= 0.3 is 0 Å². The predicted octanol–water partition coefficient (Wildman–Crippen LogP) is 7.13. The van der Waals surface area contributed by atoms with Crippen LogP contribution in [0.15, 0.2) is 66.7 Å². The van der Waals surface area contributed by atoms with Crippen LogP contribution in [0.3, 0.4) is 0 Å². The monoisotopic (exact) mass is 482 g/mol. The van der Waals surface area contributed by atoms with Crippen LogP contribution in [-0.4, -0.2) is 36.2 Å². The number of phenolic OH excluding ortho intramolecular Hbond substituents is 1. The van der Waals surface area contributed by atoms with Crippen molar-refractivity contribution >= 4 is 5.69 Å². The maximum atomic E-state index is 9.80. The van der Waals surface area contributed by atoms with Crippen molar-refractivity contribution in [2.75, 3.05) is 31.5 Å². The third kappa shape index (κ3) is 6.70. The number of fused-ring (bicyclic) bond motifs is 1. The molecule has 36 heavy (non-hydrogen) atoms. The van der Waals surface area contributed by atoms with Crippen molar-refractivity contribution in [3.63, 3.8) is 0 Å². The SMILES string of the molecule is Oc1ccc2c(c1)CCC(c1ccccc1NCCCc1ccc(CCN3CCCCCC3)cc1)C2. The van der Waals surface area contributed by atoms with Gasteiger partial charge in [-0.2, -0.15) is 0 Å². The van der Waals surface area contributed by atoms with Crippen molar-refractivity contribution < 1.29 is 5.11 Å². The number of anilines is 1. The van der Waals surface area contributed by atoms with Gasteiger partial charge in [-0.15, -0.1) is 0 Å². The first-order valence-electron chi connectivity index (χ1n) is 14.2. The van der Waals surface area contributed by atoms with Gasteiger partial charge in [-0.05, 0) is 116 Å². The van der Waals surface area contributed by atoms with E-state index in [0.29, 0.717) is 11.7 Å². The molecule has 3 aromatic carbocycles. The molecular formula is C33H42N2O. The smallest absolute Gasteiger partial charge is 0.115 e. The zero-order valence-corrected chi connectivity index (χ0v) is 21.7. The zero-order chi connectivity index (χ0) is 24.6. The van der Waals surface area contributed by atoms with E-state index in [2.05, 4.69) is 64.8 Å². The first kappa shape index (κ1) is 24.9. The van der Waals surface area contributed by atoms with Crippen LogP contribution in [0.4, 0.5) is 5.69 Å². The second-order valence-electron chi connectivity index (χ2n) is 10.8. The molecule has 1 aliphatic carbocycles. The molecule has 1 fully saturated rings. The lowest BCUT2D eigenvalue weighted by Crippen LogP contribution is -2.26.